The van der Waals surface area contributed by atoms with Crippen LogP contribution in [0.3, 0.4) is 0 Å². The molecule has 2 nitrogen and oxygen atoms in total. The molecule has 80 valence electrons. The molecule has 0 N–H and O–H groups in total. The van der Waals surface area contributed by atoms with E-state index in [0.717, 1.165) is 0 Å². The van der Waals surface area contributed by atoms with Crippen molar-refractivity contribution in [3.63, 3.8) is 0 Å². The number of rotatable bonds is 2. The lowest BCUT2D eigenvalue weighted by Crippen LogP contribution is -2.19. The highest BCUT2D eigenvalue weighted by atomic mass is 31.1. The van der Waals surface area contributed by atoms with Crippen LogP contribution in [0.5, 0.6) is 0 Å². The molecule has 0 saturated heterocycles. The van der Waals surface area contributed by atoms with Crippen molar-refractivity contribution in [2.75, 3.05) is 0 Å². The van der Waals surface area contributed by atoms with Gasteiger partial charge in [0.05, 0.1) is 0 Å². The van der Waals surface area contributed by atoms with Gasteiger partial charge in [0.25, 0.3) is 0 Å². The van der Waals surface area contributed by atoms with Gasteiger partial charge in [0.1, 0.15) is 8.22 Å². The molecule has 0 radical (unpaired) electrons. The molecule has 2 aromatic rings. The van der Waals surface area contributed by atoms with Gasteiger partial charge in [-0.05, 0) is 24.3 Å². The van der Waals surface area contributed by atoms with Gasteiger partial charge in [-0.3, -0.25) is 0 Å². The zero-order valence-corrected chi connectivity index (χ0v) is 10.4. The second kappa shape index (κ2) is 3.86. The van der Waals surface area contributed by atoms with E-state index in [1.165, 1.54) is 0 Å². The summed E-state index contributed by atoms with van der Waals surface area (Å²) in [4.78, 5) is 0. The van der Waals surface area contributed by atoms with Gasteiger partial charge in [0, 0.05) is 29.9 Å². The molecule has 0 unspecified atom stereocenters. The zero-order chi connectivity index (χ0) is 10.9. The molecule has 2 aromatic heterocycles. The first-order valence-corrected chi connectivity index (χ1v) is 6.40. The third-order valence-corrected chi connectivity index (χ3v) is 4.82. The van der Waals surface area contributed by atoms with Crippen LogP contribution in [0.2, 0.25) is 0 Å². The lowest BCUT2D eigenvalue weighted by molar-refractivity contribution is 0.758. The summed E-state index contributed by atoms with van der Waals surface area (Å²) in [6, 6.07) is 8.35. The van der Waals surface area contributed by atoms with Gasteiger partial charge in [0.2, 0.25) is 0 Å². The minimum atomic E-state index is -0.385. The Bertz CT molecular complexity index is 361. The first kappa shape index (κ1) is 10.5. The van der Waals surface area contributed by atoms with Crippen molar-refractivity contribution in [2.45, 2.75) is 25.9 Å². The fourth-order valence-electron chi connectivity index (χ4n) is 1.72. The van der Waals surface area contributed by atoms with Gasteiger partial charge >= 0.3 is 0 Å². The van der Waals surface area contributed by atoms with Crippen LogP contribution >= 0.6 is 8.22 Å². The summed E-state index contributed by atoms with van der Waals surface area (Å²) in [6.45, 7) is 6.87. The third kappa shape index (κ3) is 2.15. The molecular weight excluding hydrogens is 203 g/mol. The van der Waals surface area contributed by atoms with E-state index in [0.29, 0.717) is 0 Å². The maximum Gasteiger partial charge on any atom is 0.108 e. The standard InChI is InChI=1S/C12H17N2P/c1-12(2,3)15(13-8-4-5-9-13)14-10-6-7-11-14/h4-11H,1-3H3. The van der Waals surface area contributed by atoms with E-state index in [9.17, 15) is 0 Å². The Balaban J connectivity index is 2.42. The van der Waals surface area contributed by atoms with E-state index in [1.54, 1.807) is 0 Å². The molecule has 0 aliphatic rings. The van der Waals surface area contributed by atoms with Crippen LogP contribution < -0.4 is 0 Å². The summed E-state index contributed by atoms with van der Waals surface area (Å²) >= 11 is 0. The van der Waals surface area contributed by atoms with Crippen LogP contribution in [0, 0.1) is 0 Å². The molecule has 3 heteroatoms. The van der Waals surface area contributed by atoms with Crippen molar-refractivity contribution in [3.05, 3.63) is 49.1 Å². The van der Waals surface area contributed by atoms with E-state index in [-0.39, 0.29) is 13.4 Å². The minimum absolute atomic E-state index is 0.257. The van der Waals surface area contributed by atoms with Gasteiger partial charge in [-0.15, -0.1) is 0 Å². The lowest BCUT2D eigenvalue weighted by atomic mass is 10.3. The summed E-state index contributed by atoms with van der Waals surface area (Å²) in [5.74, 6) is 0. The quantitative estimate of drug-likeness (QED) is 0.681. The third-order valence-electron chi connectivity index (χ3n) is 2.21. The summed E-state index contributed by atoms with van der Waals surface area (Å²) < 4.78 is 4.63. The van der Waals surface area contributed by atoms with Gasteiger partial charge in [-0.25, -0.2) is 0 Å². The fraction of sp³-hybridized carbons (Fsp3) is 0.333. The monoisotopic (exact) mass is 220 g/mol. The molecule has 0 fully saturated rings. The second-order valence-corrected chi connectivity index (χ2v) is 7.43. The Hall–Kier alpha value is -1.01. The molecule has 0 atom stereocenters. The van der Waals surface area contributed by atoms with Crippen LogP contribution in [0.25, 0.3) is 0 Å². The van der Waals surface area contributed by atoms with E-state index >= 15 is 0 Å². The van der Waals surface area contributed by atoms with Crippen molar-refractivity contribution in [1.29, 1.82) is 0 Å². The van der Waals surface area contributed by atoms with E-state index in [2.05, 4.69) is 78.5 Å². The van der Waals surface area contributed by atoms with Crippen molar-refractivity contribution in [3.8, 4) is 0 Å². The molecule has 0 spiro atoms. The van der Waals surface area contributed by atoms with Gasteiger partial charge in [-0.2, -0.15) is 0 Å². The van der Waals surface area contributed by atoms with Gasteiger partial charge in [-0.1, -0.05) is 20.8 Å². The van der Waals surface area contributed by atoms with Crippen molar-refractivity contribution in [1.82, 2.24) is 8.68 Å². The summed E-state index contributed by atoms with van der Waals surface area (Å²) in [5, 5.41) is 0.257. The average Bonchev–Trinajstić information content (AvgIpc) is 2.73. The number of nitrogens with zero attached hydrogens (tertiary/aromatic N) is 2. The first-order valence-electron chi connectivity index (χ1n) is 5.16. The van der Waals surface area contributed by atoms with Gasteiger partial charge in [0.15, 0.2) is 0 Å². The van der Waals surface area contributed by atoms with Crippen molar-refractivity contribution >= 4 is 8.22 Å². The number of hydrogen-bond acceptors (Lipinski definition) is 0. The van der Waals surface area contributed by atoms with E-state index in [4.69, 9.17) is 0 Å². The summed E-state index contributed by atoms with van der Waals surface area (Å²) in [6.07, 6.45) is 8.60. The molecule has 15 heavy (non-hydrogen) atoms. The maximum atomic E-state index is 2.31. The number of hydrogen-bond donors (Lipinski definition) is 0. The molecular formula is C12H17N2P. The fourth-order valence-corrected chi connectivity index (χ4v) is 4.15. The van der Waals surface area contributed by atoms with E-state index in [1.807, 2.05) is 0 Å². The average molecular weight is 220 g/mol. The Labute approximate surface area is 92.4 Å². The molecule has 2 rings (SSSR count). The predicted molar refractivity (Wildman–Crippen MR) is 66.3 cm³/mol. The van der Waals surface area contributed by atoms with Crippen LogP contribution in [-0.2, 0) is 0 Å². The highest BCUT2D eigenvalue weighted by molar-refractivity contribution is 7.56. The smallest absolute Gasteiger partial charge is 0.108 e. The SMILES string of the molecule is CC(C)(C)P(n1cccc1)n1cccc1. The van der Waals surface area contributed by atoms with Crippen LogP contribution in [0.4, 0.5) is 0 Å². The molecule has 0 aromatic carbocycles. The highest BCUT2D eigenvalue weighted by Crippen LogP contribution is 2.51. The maximum absolute atomic E-state index is 2.31. The Kier molecular flexibility index (Phi) is 2.70. The molecule has 0 aliphatic heterocycles. The van der Waals surface area contributed by atoms with Crippen LogP contribution in [-0.4, -0.2) is 13.8 Å². The summed E-state index contributed by atoms with van der Waals surface area (Å²) in [5.41, 5.74) is 0. The Morgan fingerprint density at radius 3 is 1.33 bits per heavy atom. The minimum Gasteiger partial charge on any atom is -0.315 e. The Morgan fingerprint density at radius 2 is 1.07 bits per heavy atom. The highest BCUT2D eigenvalue weighted by Gasteiger charge is 2.27. The second-order valence-electron chi connectivity index (χ2n) is 4.59. The molecule has 0 bridgehead atoms. The first-order chi connectivity index (χ1) is 7.09. The van der Waals surface area contributed by atoms with Crippen molar-refractivity contribution in [2.24, 2.45) is 0 Å². The lowest BCUT2D eigenvalue weighted by Gasteiger charge is -2.32. The zero-order valence-electron chi connectivity index (χ0n) is 9.46. The largest absolute Gasteiger partial charge is 0.315 e. The molecule has 2 heterocycles. The Morgan fingerprint density at radius 1 is 0.733 bits per heavy atom. The summed E-state index contributed by atoms with van der Waals surface area (Å²) in [7, 11) is -0.385. The molecule has 0 amide bonds. The normalized spacial score (nSPS) is 12.3. The van der Waals surface area contributed by atoms with Crippen molar-refractivity contribution < 1.29 is 0 Å². The van der Waals surface area contributed by atoms with Crippen LogP contribution in [0.15, 0.2) is 49.1 Å². The molecule has 0 saturated carbocycles. The molecule has 0 aliphatic carbocycles. The van der Waals surface area contributed by atoms with E-state index < -0.39 is 0 Å². The number of aromatic nitrogens is 2. The topological polar surface area (TPSA) is 9.86 Å². The predicted octanol–water partition coefficient (Wildman–Crippen LogP) is 3.80. The van der Waals surface area contributed by atoms with Gasteiger partial charge < -0.3 is 8.68 Å². The van der Waals surface area contributed by atoms with Crippen LogP contribution in [0.1, 0.15) is 20.8 Å².